The third-order valence-corrected chi connectivity index (χ3v) is 11.0. The van der Waals surface area contributed by atoms with E-state index in [4.69, 9.17) is 18.7 Å². The number of β-lactam (4-membered cyclic amide) rings is 1. The molecule has 1 unspecified atom stereocenters. The summed E-state index contributed by atoms with van der Waals surface area (Å²) in [6.45, 7) is 0.965. The largest absolute Gasteiger partial charge is 0.508 e. The van der Waals surface area contributed by atoms with Crippen molar-refractivity contribution in [1.82, 2.24) is 4.90 Å². The predicted octanol–water partition coefficient (Wildman–Crippen LogP) is 5.68. The van der Waals surface area contributed by atoms with Crippen LogP contribution >= 0.6 is 7.37 Å². The normalized spacial score (nSPS) is 17.0. The highest BCUT2D eigenvalue weighted by atomic mass is 31.2. The van der Waals surface area contributed by atoms with Gasteiger partial charge in [-0.3, -0.25) is 34.5 Å². The molecular weight excluding hydrogens is 697 g/mol. The standard InChI is InChI=1S/C36H30N3O12P/c1-23(50-36(42)49-22-25-14-18-27(19-15-25)39(45)46)32-30-20-31(51-52(47,28-8-4-2-5-9-28)29-10-6-3-7-11-29)33(37(30)34(32)40)35(41)48-21-24-12-16-26(17-13-24)38(43)44/h2-19,23,30,32H,20-22H2,1H3/t23?,30-,32-/m1/s1. The molecule has 15 nitrogen and oxygen atoms in total. The predicted molar refractivity (Wildman–Crippen MR) is 183 cm³/mol. The number of nitro benzene ring substituents is 2. The molecule has 0 N–H and O–H groups in total. The molecule has 0 aromatic heterocycles. The first-order valence-electron chi connectivity index (χ1n) is 15.9. The number of non-ortho nitro benzene ring substituents is 2. The van der Waals surface area contributed by atoms with Gasteiger partial charge in [-0.2, -0.15) is 0 Å². The van der Waals surface area contributed by atoms with Crippen molar-refractivity contribution < 1.29 is 47.5 Å². The van der Waals surface area contributed by atoms with E-state index < -0.39 is 53.3 Å². The molecule has 0 bridgehead atoms. The number of ether oxygens (including phenoxy) is 3. The zero-order valence-corrected chi connectivity index (χ0v) is 28.3. The van der Waals surface area contributed by atoms with E-state index in [9.17, 15) is 39.2 Å². The Morgan fingerprint density at radius 1 is 0.788 bits per heavy atom. The number of rotatable bonds is 13. The summed E-state index contributed by atoms with van der Waals surface area (Å²) in [4.78, 5) is 62.0. The molecule has 3 atom stereocenters. The molecule has 0 spiro atoms. The van der Waals surface area contributed by atoms with Gasteiger partial charge >= 0.3 is 19.5 Å². The van der Waals surface area contributed by atoms with Gasteiger partial charge in [-0.05, 0) is 66.6 Å². The number of nitro groups is 2. The molecule has 1 fully saturated rings. The van der Waals surface area contributed by atoms with Gasteiger partial charge in [-0.15, -0.1) is 0 Å². The van der Waals surface area contributed by atoms with E-state index in [1.165, 1.54) is 60.4 Å². The zero-order chi connectivity index (χ0) is 37.0. The molecule has 0 saturated carbocycles. The van der Waals surface area contributed by atoms with E-state index in [0.717, 1.165) is 0 Å². The smallest absolute Gasteiger partial charge is 0.456 e. The van der Waals surface area contributed by atoms with E-state index in [-0.39, 0.29) is 42.5 Å². The summed E-state index contributed by atoms with van der Waals surface area (Å²) in [6.07, 6.45) is -2.17. The molecular formula is C36H30N3O12P. The molecule has 2 aliphatic rings. The van der Waals surface area contributed by atoms with Crippen molar-refractivity contribution >= 4 is 47.4 Å². The zero-order valence-electron chi connectivity index (χ0n) is 27.4. The number of benzene rings is 4. The van der Waals surface area contributed by atoms with Gasteiger partial charge < -0.3 is 18.7 Å². The molecule has 0 aliphatic carbocycles. The van der Waals surface area contributed by atoms with Crippen LogP contribution in [0.2, 0.25) is 0 Å². The number of hydrogen-bond acceptors (Lipinski definition) is 12. The number of fused-ring (bicyclic) bond motifs is 1. The maximum atomic E-state index is 14.8. The quantitative estimate of drug-likeness (QED) is 0.0539. The van der Waals surface area contributed by atoms with Gasteiger partial charge in [0.2, 0.25) is 5.91 Å². The molecule has 52 heavy (non-hydrogen) atoms. The van der Waals surface area contributed by atoms with Crippen LogP contribution in [-0.4, -0.2) is 44.9 Å². The van der Waals surface area contributed by atoms with Crippen LogP contribution in [0.4, 0.5) is 16.2 Å². The third kappa shape index (κ3) is 7.25. The van der Waals surface area contributed by atoms with Crippen molar-refractivity contribution in [3.05, 3.63) is 152 Å². The lowest BCUT2D eigenvalue weighted by atomic mass is 9.83. The summed E-state index contributed by atoms with van der Waals surface area (Å²) < 4.78 is 37.3. The number of carbonyl (C=O) groups excluding carboxylic acids is 3. The van der Waals surface area contributed by atoms with Crippen LogP contribution in [0, 0.1) is 26.1 Å². The summed E-state index contributed by atoms with van der Waals surface area (Å²) in [5, 5.41) is 22.6. The number of amides is 1. The van der Waals surface area contributed by atoms with Gasteiger partial charge in [-0.25, -0.2) is 9.59 Å². The first kappa shape index (κ1) is 35.5. The summed E-state index contributed by atoms with van der Waals surface area (Å²) in [5.74, 6) is -2.51. The second-order valence-corrected chi connectivity index (χ2v) is 14.2. The molecule has 1 amide bonds. The minimum atomic E-state index is -3.91. The fourth-order valence-electron chi connectivity index (χ4n) is 5.99. The highest BCUT2D eigenvalue weighted by Crippen LogP contribution is 2.53. The molecule has 266 valence electrons. The summed E-state index contributed by atoms with van der Waals surface area (Å²) in [7, 11) is -3.91. The summed E-state index contributed by atoms with van der Waals surface area (Å²) in [6, 6.07) is 26.9. The van der Waals surface area contributed by atoms with E-state index in [0.29, 0.717) is 21.7 Å². The molecule has 0 radical (unpaired) electrons. The Bertz CT molecular complexity index is 2050. The van der Waals surface area contributed by atoms with Crippen LogP contribution in [-0.2, 0) is 46.1 Å². The van der Waals surface area contributed by atoms with Crippen molar-refractivity contribution in [1.29, 1.82) is 0 Å². The van der Waals surface area contributed by atoms with Gasteiger partial charge in [-0.1, -0.05) is 36.4 Å². The monoisotopic (exact) mass is 727 g/mol. The van der Waals surface area contributed by atoms with E-state index in [1.807, 2.05) is 0 Å². The second-order valence-electron chi connectivity index (χ2n) is 11.9. The van der Waals surface area contributed by atoms with Crippen LogP contribution in [0.3, 0.4) is 0 Å². The Balaban J connectivity index is 1.22. The lowest BCUT2D eigenvalue weighted by Crippen LogP contribution is -2.62. The van der Waals surface area contributed by atoms with Crippen molar-refractivity contribution in [2.75, 3.05) is 0 Å². The maximum Gasteiger partial charge on any atom is 0.508 e. The van der Waals surface area contributed by atoms with Crippen molar-refractivity contribution in [2.45, 2.75) is 38.7 Å². The fourth-order valence-corrected chi connectivity index (χ4v) is 8.10. The second kappa shape index (κ2) is 14.9. The average molecular weight is 728 g/mol. The van der Waals surface area contributed by atoms with Gasteiger partial charge in [0.25, 0.3) is 11.4 Å². The van der Waals surface area contributed by atoms with Crippen LogP contribution in [0.1, 0.15) is 24.5 Å². The molecule has 2 aliphatic heterocycles. The number of esters is 1. The van der Waals surface area contributed by atoms with Gasteiger partial charge in [0.15, 0.2) is 5.70 Å². The van der Waals surface area contributed by atoms with Crippen LogP contribution in [0.5, 0.6) is 0 Å². The molecule has 1 saturated heterocycles. The topological polar surface area (TPSA) is 195 Å². The third-order valence-electron chi connectivity index (χ3n) is 8.60. The SMILES string of the molecule is CC(OC(=O)OCc1ccc([N+](=O)[O-])cc1)[C@H]1C(=O)N2C(C(=O)OCc3ccc([N+](=O)[O-])cc3)=C(OP(=O)(c3ccccc3)c3ccccc3)C[C@H]12. The van der Waals surface area contributed by atoms with E-state index in [2.05, 4.69) is 0 Å². The number of carbonyl (C=O) groups is 3. The first-order chi connectivity index (χ1) is 25.0. The first-order valence-corrected chi connectivity index (χ1v) is 17.5. The van der Waals surface area contributed by atoms with Crippen molar-refractivity contribution in [3.63, 3.8) is 0 Å². The highest BCUT2D eigenvalue weighted by molar-refractivity contribution is 7.74. The number of hydrogen-bond donors (Lipinski definition) is 0. The van der Waals surface area contributed by atoms with E-state index >= 15 is 0 Å². The van der Waals surface area contributed by atoms with Gasteiger partial charge in [0.1, 0.15) is 25.1 Å². The van der Waals surface area contributed by atoms with E-state index in [1.54, 1.807) is 60.7 Å². The minimum absolute atomic E-state index is 0.0569. The van der Waals surface area contributed by atoms with Crippen molar-refractivity contribution in [2.24, 2.45) is 5.92 Å². The van der Waals surface area contributed by atoms with Gasteiger partial charge in [0.05, 0.1) is 32.4 Å². The average Bonchev–Trinajstić information content (AvgIpc) is 3.47. The Kier molecular flexibility index (Phi) is 10.1. The van der Waals surface area contributed by atoms with Crippen LogP contribution in [0.15, 0.2) is 121 Å². The van der Waals surface area contributed by atoms with Crippen molar-refractivity contribution in [3.8, 4) is 0 Å². The van der Waals surface area contributed by atoms with Crippen LogP contribution in [0.25, 0.3) is 0 Å². The molecule has 6 rings (SSSR count). The number of nitrogens with zero attached hydrogens (tertiary/aromatic N) is 3. The fraction of sp³-hybridized carbons (Fsp3) is 0.194. The Morgan fingerprint density at radius 2 is 1.27 bits per heavy atom. The molecule has 16 heteroatoms. The molecule has 2 heterocycles. The summed E-state index contributed by atoms with van der Waals surface area (Å²) >= 11 is 0. The summed E-state index contributed by atoms with van der Waals surface area (Å²) in [5.41, 5.74) is 0.389. The Morgan fingerprint density at radius 3 is 1.75 bits per heavy atom. The molecule has 4 aromatic carbocycles. The Labute approximate surface area is 296 Å². The molecule has 4 aromatic rings. The van der Waals surface area contributed by atoms with Gasteiger partial charge in [0, 0.05) is 30.7 Å². The minimum Gasteiger partial charge on any atom is -0.456 e. The maximum absolute atomic E-state index is 14.8. The van der Waals surface area contributed by atoms with Crippen LogP contribution < -0.4 is 10.6 Å². The Hall–Kier alpha value is -6.34. The lowest BCUT2D eigenvalue weighted by molar-refractivity contribution is -0.385. The highest BCUT2D eigenvalue weighted by Gasteiger charge is 2.59. The lowest BCUT2D eigenvalue weighted by Gasteiger charge is -2.45.